The lowest BCUT2D eigenvalue weighted by molar-refractivity contribution is 0.185. The fourth-order valence-corrected chi connectivity index (χ4v) is 3.56. The van der Waals surface area contributed by atoms with E-state index in [9.17, 15) is 0 Å². The van der Waals surface area contributed by atoms with Crippen LogP contribution in [0.3, 0.4) is 0 Å². The summed E-state index contributed by atoms with van der Waals surface area (Å²) >= 11 is 0. The summed E-state index contributed by atoms with van der Waals surface area (Å²) in [4.78, 5) is 9.16. The minimum atomic E-state index is 0. The fraction of sp³-hybridized carbons (Fsp3) is 0.409. The van der Waals surface area contributed by atoms with Crippen LogP contribution in [0.2, 0.25) is 0 Å². The number of rotatable bonds is 6. The van der Waals surface area contributed by atoms with Gasteiger partial charge in [0.2, 0.25) is 0 Å². The standard InChI is InChI=1S/C22H30N4O2.HI/c1-23-22(24-16-18-7-6-8-19(15-18)17-27-2)26-13-11-25(12-14-26)20-9-4-5-10-21(20)28-3;/h4-10,15H,11-14,16-17H2,1-3H3,(H,23,24);1H. The van der Waals surface area contributed by atoms with Crippen molar-refractivity contribution in [2.24, 2.45) is 4.99 Å². The number of para-hydroxylation sites is 2. The third-order valence-corrected chi connectivity index (χ3v) is 4.97. The van der Waals surface area contributed by atoms with Gasteiger partial charge < -0.3 is 24.6 Å². The van der Waals surface area contributed by atoms with Crippen LogP contribution in [0.25, 0.3) is 0 Å². The topological polar surface area (TPSA) is 49.3 Å². The molecular weight excluding hydrogens is 479 g/mol. The maximum atomic E-state index is 5.51. The molecule has 0 aliphatic carbocycles. The number of halogens is 1. The number of nitrogens with one attached hydrogen (secondary N) is 1. The van der Waals surface area contributed by atoms with Gasteiger partial charge in [-0.2, -0.15) is 0 Å². The van der Waals surface area contributed by atoms with E-state index in [0.29, 0.717) is 6.61 Å². The van der Waals surface area contributed by atoms with Gasteiger partial charge in [-0.05, 0) is 23.3 Å². The molecule has 0 amide bonds. The van der Waals surface area contributed by atoms with Gasteiger partial charge in [0.05, 0.1) is 19.4 Å². The molecule has 6 nitrogen and oxygen atoms in total. The van der Waals surface area contributed by atoms with Crippen molar-refractivity contribution >= 4 is 35.6 Å². The second kappa shape index (κ2) is 11.9. The molecule has 158 valence electrons. The summed E-state index contributed by atoms with van der Waals surface area (Å²) in [5.41, 5.74) is 3.56. The van der Waals surface area contributed by atoms with Crippen molar-refractivity contribution in [3.8, 4) is 5.75 Å². The molecule has 3 rings (SSSR count). The quantitative estimate of drug-likeness (QED) is 0.367. The number of ether oxygens (including phenoxy) is 2. The van der Waals surface area contributed by atoms with Crippen LogP contribution in [0.15, 0.2) is 53.5 Å². The Balaban J connectivity index is 0.00000300. The van der Waals surface area contributed by atoms with E-state index in [-0.39, 0.29) is 24.0 Å². The first-order valence-corrected chi connectivity index (χ1v) is 9.65. The molecule has 0 atom stereocenters. The highest BCUT2D eigenvalue weighted by Crippen LogP contribution is 2.28. The number of nitrogens with zero attached hydrogens (tertiary/aromatic N) is 3. The van der Waals surface area contributed by atoms with Crippen molar-refractivity contribution < 1.29 is 9.47 Å². The Bertz CT molecular complexity index is 792. The highest BCUT2D eigenvalue weighted by atomic mass is 127. The maximum Gasteiger partial charge on any atom is 0.194 e. The van der Waals surface area contributed by atoms with Crippen LogP contribution in [-0.4, -0.2) is 58.3 Å². The lowest BCUT2D eigenvalue weighted by Gasteiger charge is -2.38. The third kappa shape index (κ3) is 6.24. The van der Waals surface area contributed by atoms with E-state index in [1.165, 1.54) is 11.1 Å². The molecule has 1 N–H and O–H groups in total. The van der Waals surface area contributed by atoms with Crippen LogP contribution in [0.4, 0.5) is 5.69 Å². The normalized spacial score (nSPS) is 14.4. The molecule has 0 bridgehead atoms. The molecule has 2 aromatic rings. The largest absolute Gasteiger partial charge is 0.495 e. The Morgan fingerprint density at radius 1 is 1.00 bits per heavy atom. The average Bonchev–Trinajstić information content (AvgIpc) is 2.75. The van der Waals surface area contributed by atoms with Gasteiger partial charge in [0.15, 0.2) is 5.96 Å². The minimum absolute atomic E-state index is 0. The van der Waals surface area contributed by atoms with Crippen molar-refractivity contribution in [1.82, 2.24) is 10.2 Å². The van der Waals surface area contributed by atoms with E-state index in [0.717, 1.165) is 50.1 Å². The Morgan fingerprint density at radius 2 is 1.72 bits per heavy atom. The second-order valence-electron chi connectivity index (χ2n) is 6.80. The molecule has 0 radical (unpaired) electrons. The number of benzene rings is 2. The van der Waals surface area contributed by atoms with E-state index in [2.05, 4.69) is 56.5 Å². The monoisotopic (exact) mass is 510 g/mol. The summed E-state index contributed by atoms with van der Waals surface area (Å²) in [6, 6.07) is 16.6. The molecule has 7 heteroatoms. The molecule has 1 aliphatic heterocycles. The predicted molar refractivity (Wildman–Crippen MR) is 130 cm³/mol. The number of piperazine rings is 1. The Hall–Kier alpha value is -2.00. The zero-order chi connectivity index (χ0) is 19.8. The van der Waals surface area contributed by atoms with Crippen LogP contribution in [0, 0.1) is 0 Å². The summed E-state index contributed by atoms with van der Waals surface area (Å²) in [7, 11) is 5.29. The highest BCUT2D eigenvalue weighted by molar-refractivity contribution is 14.0. The van der Waals surface area contributed by atoms with Crippen molar-refractivity contribution in [2.75, 3.05) is 52.3 Å². The summed E-state index contributed by atoms with van der Waals surface area (Å²) in [6.45, 7) is 5.09. The third-order valence-electron chi connectivity index (χ3n) is 4.97. The molecule has 1 heterocycles. The lowest BCUT2D eigenvalue weighted by atomic mass is 10.1. The van der Waals surface area contributed by atoms with Crippen molar-refractivity contribution in [2.45, 2.75) is 13.2 Å². The van der Waals surface area contributed by atoms with E-state index < -0.39 is 0 Å². The zero-order valence-electron chi connectivity index (χ0n) is 17.4. The van der Waals surface area contributed by atoms with Gasteiger partial charge in [-0.25, -0.2) is 0 Å². The lowest BCUT2D eigenvalue weighted by Crippen LogP contribution is -2.52. The van der Waals surface area contributed by atoms with Gasteiger partial charge in [-0.1, -0.05) is 36.4 Å². The number of hydrogen-bond acceptors (Lipinski definition) is 4. The number of aliphatic imine (C=N–C) groups is 1. The Labute approximate surface area is 190 Å². The van der Waals surface area contributed by atoms with Gasteiger partial charge in [-0.3, -0.25) is 4.99 Å². The molecule has 1 fully saturated rings. The van der Waals surface area contributed by atoms with Crippen LogP contribution < -0.4 is 15.0 Å². The first-order valence-electron chi connectivity index (χ1n) is 9.65. The Morgan fingerprint density at radius 3 is 2.41 bits per heavy atom. The van der Waals surface area contributed by atoms with Crippen LogP contribution in [0.5, 0.6) is 5.75 Å². The smallest absolute Gasteiger partial charge is 0.194 e. The van der Waals surface area contributed by atoms with Gasteiger partial charge in [0.25, 0.3) is 0 Å². The summed E-state index contributed by atoms with van der Waals surface area (Å²) in [5.74, 6) is 1.87. The van der Waals surface area contributed by atoms with E-state index in [1.807, 2.05) is 19.2 Å². The fourth-order valence-electron chi connectivity index (χ4n) is 3.56. The van der Waals surface area contributed by atoms with E-state index >= 15 is 0 Å². The Kier molecular flexibility index (Phi) is 9.53. The van der Waals surface area contributed by atoms with Crippen molar-refractivity contribution in [3.63, 3.8) is 0 Å². The molecule has 1 saturated heterocycles. The minimum Gasteiger partial charge on any atom is -0.495 e. The zero-order valence-corrected chi connectivity index (χ0v) is 19.8. The van der Waals surface area contributed by atoms with Crippen LogP contribution >= 0.6 is 24.0 Å². The van der Waals surface area contributed by atoms with Gasteiger partial charge in [-0.15, -0.1) is 24.0 Å². The van der Waals surface area contributed by atoms with Gasteiger partial charge in [0, 0.05) is 46.9 Å². The summed E-state index contributed by atoms with van der Waals surface area (Å²) < 4.78 is 10.7. The maximum absolute atomic E-state index is 5.51. The molecule has 2 aromatic carbocycles. The molecular formula is C22H31IN4O2. The van der Waals surface area contributed by atoms with Crippen LogP contribution in [-0.2, 0) is 17.9 Å². The molecule has 0 spiro atoms. The van der Waals surface area contributed by atoms with Crippen molar-refractivity contribution in [3.05, 3.63) is 59.7 Å². The molecule has 1 aliphatic rings. The number of methoxy groups -OCH3 is 2. The van der Waals surface area contributed by atoms with Crippen LogP contribution in [0.1, 0.15) is 11.1 Å². The number of hydrogen-bond donors (Lipinski definition) is 1. The van der Waals surface area contributed by atoms with E-state index in [4.69, 9.17) is 9.47 Å². The molecule has 29 heavy (non-hydrogen) atoms. The van der Waals surface area contributed by atoms with Gasteiger partial charge >= 0.3 is 0 Å². The number of anilines is 1. The average molecular weight is 510 g/mol. The van der Waals surface area contributed by atoms with E-state index in [1.54, 1.807) is 14.2 Å². The first kappa shape index (κ1) is 23.3. The molecule has 0 aromatic heterocycles. The molecule has 0 unspecified atom stereocenters. The second-order valence-corrected chi connectivity index (χ2v) is 6.80. The first-order chi connectivity index (χ1) is 13.7. The summed E-state index contributed by atoms with van der Waals surface area (Å²) in [6.07, 6.45) is 0. The van der Waals surface area contributed by atoms with Crippen molar-refractivity contribution in [1.29, 1.82) is 0 Å². The SMILES string of the molecule is CN=C(NCc1cccc(COC)c1)N1CCN(c2ccccc2OC)CC1.I. The van der Waals surface area contributed by atoms with Gasteiger partial charge in [0.1, 0.15) is 5.75 Å². The summed E-state index contributed by atoms with van der Waals surface area (Å²) in [5, 5.41) is 3.49. The molecule has 0 saturated carbocycles. The predicted octanol–water partition coefficient (Wildman–Crippen LogP) is 3.36. The highest BCUT2D eigenvalue weighted by Gasteiger charge is 2.21. The number of guanidine groups is 1.